The number of rotatable bonds is 8. The molecule has 2 aliphatic rings. The van der Waals surface area contributed by atoms with Gasteiger partial charge in [-0.15, -0.1) is 11.8 Å². The Morgan fingerprint density at radius 1 is 1.44 bits per heavy atom. The smallest absolute Gasteiger partial charge is 0.235 e. The van der Waals surface area contributed by atoms with Gasteiger partial charge in [0.05, 0.1) is 29.7 Å². The van der Waals surface area contributed by atoms with Crippen molar-refractivity contribution in [2.24, 2.45) is 5.92 Å². The van der Waals surface area contributed by atoms with Crippen LogP contribution in [0.1, 0.15) is 13.3 Å². The lowest BCUT2D eigenvalue weighted by molar-refractivity contribution is -0.301. The molecule has 2 N–H and O–H groups in total. The van der Waals surface area contributed by atoms with Crippen molar-refractivity contribution in [3.63, 3.8) is 0 Å². The number of carbonyl (C=O) groups excluding carboxylic acids is 2. The van der Waals surface area contributed by atoms with Gasteiger partial charge in [0.25, 0.3) is 0 Å². The largest absolute Gasteiger partial charge is 0.543 e. The third kappa shape index (κ3) is 3.83. The Balaban J connectivity index is 1.61. The van der Waals surface area contributed by atoms with E-state index in [0.29, 0.717) is 11.3 Å². The number of benzene rings is 1. The second-order valence-electron chi connectivity index (χ2n) is 6.77. The Morgan fingerprint density at radius 2 is 2.11 bits per heavy atom. The van der Waals surface area contributed by atoms with E-state index in [0.717, 1.165) is 17.2 Å². The lowest BCUT2D eigenvalue weighted by atomic mass is 9.83. The number of anilines is 1. The molecule has 1 saturated heterocycles. The molecule has 8 heteroatoms. The van der Waals surface area contributed by atoms with Crippen LogP contribution in [0, 0.1) is 5.92 Å². The number of carbonyl (C=O) groups is 2. The predicted octanol–water partition coefficient (Wildman–Crippen LogP) is 0.642. The van der Waals surface area contributed by atoms with E-state index >= 15 is 0 Å². The first-order chi connectivity index (χ1) is 12.8. The first-order valence-electron chi connectivity index (χ1n) is 8.84. The van der Waals surface area contributed by atoms with E-state index in [1.165, 1.54) is 21.6 Å². The van der Waals surface area contributed by atoms with Crippen LogP contribution in [0.5, 0.6) is 0 Å². The minimum Gasteiger partial charge on any atom is -0.543 e. The van der Waals surface area contributed by atoms with E-state index in [2.05, 4.69) is 23.7 Å². The highest BCUT2D eigenvalue weighted by molar-refractivity contribution is 8.04. The average Bonchev–Trinajstić information content (AvgIpc) is 2.95. The molecular formula is C19H24N2O4S2. The van der Waals surface area contributed by atoms with Gasteiger partial charge in [0.1, 0.15) is 12.0 Å². The van der Waals surface area contributed by atoms with E-state index < -0.39 is 18.0 Å². The molecular weight excluding hydrogens is 384 g/mol. The van der Waals surface area contributed by atoms with Crippen LogP contribution in [-0.4, -0.2) is 58.8 Å². The maximum absolute atomic E-state index is 12.2. The van der Waals surface area contributed by atoms with Crippen LogP contribution in [0.4, 0.5) is 5.69 Å². The molecule has 0 spiro atoms. The van der Waals surface area contributed by atoms with Gasteiger partial charge in [-0.2, -0.15) is 0 Å². The fourth-order valence-electron chi connectivity index (χ4n) is 3.61. The molecule has 2 heterocycles. The monoisotopic (exact) mass is 408 g/mol. The van der Waals surface area contributed by atoms with Gasteiger partial charge in [-0.3, -0.25) is 4.79 Å². The lowest BCUT2D eigenvalue weighted by Crippen LogP contribution is -2.62. The zero-order chi connectivity index (χ0) is 19.7. The van der Waals surface area contributed by atoms with Crippen LogP contribution in [-0.2, 0) is 20.5 Å². The van der Waals surface area contributed by atoms with Gasteiger partial charge in [0.15, 0.2) is 4.90 Å². The molecule has 0 saturated carbocycles. The summed E-state index contributed by atoms with van der Waals surface area (Å²) >= 11 is 1.49. The van der Waals surface area contributed by atoms with E-state index in [4.69, 9.17) is 0 Å². The highest BCUT2D eigenvalue weighted by atomic mass is 32.2. The fraction of sp³-hybridized carbons (Fsp3) is 0.474. The van der Waals surface area contributed by atoms with Gasteiger partial charge >= 0.3 is 0 Å². The number of amides is 1. The SMILES string of the molecule is CNc1ccc([S+](C)CCSC2=C(C(=O)[O-])N3C(=O)C([C@@H](C)O)C3C2)cc1. The molecule has 1 aromatic carbocycles. The summed E-state index contributed by atoms with van der Waals surface area (Å²) in [4.78, 5) is 27.0. The topological polar surface area (TPSA) is 92.7 Å². The van der Waals surface area contributed by atoms with Crippen molar-refractivity contribution >= 4 is 40.2 Å². The number of carboxylic acids is 1. The number of nitrogens with zero attached hydrogens (tertiary/aromatic N) is 1. The lowest BCUT2D eigenvalue weighted by Gasteiger charge is -2.45. The minimum atomic E-state index is -1.31. The zero-order valence-corrected chi connectivity index (χ0v) is 17.2. The summed E-state index contributed by atoms with van der Waals surface area (Å²) in [6, 6.07) is 8.07. The number of nitrogens with one attached hydrogen (secondary N) is 1. The Bertz CT molecular complexity index is 763. The Morgan fingerprint density at radius 3 is 2.67 bits per heavy atom. The average molecular weight is 409 g/mol. The summed E-state index contributed by atoms with van der Waals surface area (Å²) in [5, 5.41) is 24.4. The predicted molar refractivity (Wildman–Crippen MR) is 107 cm³/mol. The molecule has 0 bridgehead atoms. The van der Waals surface area contributed by atoms with Crippen LogP contribution in [0.15, 0.2) is 39.8 Å². The summed E-state index contributed by atoms with van der Waals surface area (Å²) in [5.74, 6) is -0.441. The number of thioether (sulfide) groups is 1. The molecule has 1 fully saturated rings. The maximum Gasteiger partial charge on any atom is 0.235 e. The summed E-state index contributed by atoms with van der Waals surface area (Å²) < 4.78 is 0. The Kier molecular flexibility index (Phi) is 6.08. The summed E-state index contributed by atoms with van der Waals surface area (Å²) in [6.45, 7) is 1.58. The number of β-lactam (4-membered cyclic amide) rings is 1. The van der Waals surface area contributed by atoms with Crippen molar-refractivity contribution in [2.75, 3.05) is 30.1 Å². The highest BCUT2D eigenvalue weighted by Gasteiger charge is 2.55. The fourth-order valence-corrected chi connectivity index (χ4v) is 6.63. The van der Waals surface area contributed by atoms with Crippen LogP contribution in [0.2, 0.25) is 0 Å². The van der Waals surface area contributed by atoms with Crippen molar-refractivity contribution in [3.05, 3.63) is 34.9 Å². The van der Waals surface area contributed by atoms with Gasteiger partial charge < -0.3 is 25.2 Å². The third-order valence-electron chi connectivity index (χ3n) is 5.09. The number of hydrogen-bond acceptors (Lipinski definition) is 6. The van der Waals surface area contributed by atoms with Crippen LogP contribution >= 0.6 is 11.8 Å². The molecule has 1 amide bonds. The Hall–Kier alpha value is -1.64. The van der Waals surface area contributed by atoms with E-state index in [-0.39, 0.29) is 28.5 Å². The normalized spacial score (nSPS) is 23.7. The number of aliphatic carboxylic acids is 1. The summed E-state index contributed by atoms with van der Waals surface area (Å²) in [5.41, 5.74) is 1.07. The van der Waals surface area contributed by atoms with Crippen molar-refractivity contribution < 1.29 is 19.8 Å². The first kappa shape index (κ1) is 20.1. The zero-order valence-electron chi connectivity index (χ0n) is 15.6. The number of fused-ring (bicyclic) bond motifs is 1. The molecule has 27 heavy (non-hydrogen) atoms. The highest BCUT2D eigenvalue weighted by Crippen LogP contribution is 2.46. The van der Waals surface area contributed by atoms with Crippen molar-refractivity contribution in [3.8, 4) is 0 Å². The molecule has 6 nitrogen and oxygen atoms in total. The first-order valence-corrected chi connectivity index (χ1v) is 11.6. The second kappa shape index (κ2) is 8.16. The molecule has 1 aromatic rings. The van der Waals surface area contributed by atoms with Gasteiger partial charge in [-0.25, -0.2) is 0 Å². The van der Waals surface area contributed by atoms with Crippen molar-refractivity contribution in [1.82, 2.24) is 4.90 Å². The van der Waals surface area contributed by atoms with Crippen molar-refractivity contribution in [2.45, 2.75) is 30.4 Å². The van der Waals surface area contributed by atoms with Gasteiger partial charge in [-0.1, -0.05) is 0 Å². The quantitative estimate of drug-likeness (QED) is 0.484. The molecule has 3 rings (SSSR count). The summed E-state index contributed by atoms with van der Waals surface area (Å²) in [7, 11) is 1.94. The van der Waals surface area contributed by atoms with Crippen molar-refractivity contribution in [1.29, 1.82) is 0 Å². The molecule has 3 unspecified atom stereocenters. The number of hydrogen-bond donors (Lipinski definition) is 2. The molecule has 0 aromatic heterocycles. The minimum absolute atomic E-state index is 0.00117. The van der Waals surface area contributed by atoms with Crippen LogP contribution in [0.25, 0.3) is 0 Å². The number of aliphatic hydroxyl groups excluding tert-OH is 1. The van der Waals surface area contributed by atoms with E-state index in [1.807, 2.05) is 19.2 Å². The maximum atomic E-state index is 12.2. The van der Waals surface area contributed by atoms with E-state index in [9.17, 15) is 19.8 Å². The molecule has 0 radical (unpaired) electrons. The second-order valence-corrected chi connectivity index (χ2v) is 10.1. The molecule has 146 valence electrons. The Labute approximate surface area is 166 Å². The number of aliphatic hydroxyl groups is 1. The molecule has 4 atom stereocenters. The van der Waals surface area contributed by atoms with Crippen LogP contribution < -0.4 is 10.4 Å². The van der Waals surface area contributed by atoms with Gasteiger partial charge in [0.2, 0.25) is 5.91 Å². The van der Waals surface area contributed by atoms with Gasteiger partial charge in [0, 0.05) is 40.7 Å². The third-order valence-corrected chi connectivity index (χ3v) is 8.36. The molecule has 2 aliphatic heterocycles. The summed E-state index contributed by atoms with van der Waals surface area (Å²) in [6.07, 6.45) is 1.90. The number of carboxylic acid groups (broad SMARTS) is 1. The van der Waals surface area contributed by atoms with Gasteiger partial charge in [-0.05, 0) is 31.2 Å². The van der Waals surface area contributed by atoms with Crippen LogP contribution in [0.3, 0.4) is 0 Å². The van der Waals surface area contributed by atoms with E-state index in [1.54, 1.807) is 6.92 Å². The molecule has 0 aliphatic carbocycles. The standard InChI is InChI=1S/C19H24N2O4S2/c1-11(22)16-14-10-15(17(19(24)25)21(14)18(16)23)26-8-9-27(3)13-6-4-12(20-2)5-7-13/h4-7,11,14,16,20,22H,8-10H2,1-3H3/t11-,14?,16?,27?/m1/s1.